The van der Waals surface area contributed by atoms with E-state index in [1.807, 2.05) is 66.7 Å². The van der Waals surface area contributed by atoms with Crippen molar-refractivity contribution in [2.24, 2.45) is 0 Å². The first-order valence-electron chi connectivity index (χ1n) is 8.74. The standard InChI is InChI=1S/C23H20N2O2/c1-3-16-8-11-19(12-9-16)25-23(26)18(15-24)14-17-10-13-22(27-2)21-7-5-4-6-20(17)21/h4-14H,3H2,1-2H3,(H,25,26)/b18-14-. The van der Waals surface area contributed by atoms with E-state index >= 15 is 0 Å². The minimum Gasteiger partial charge on any atom is -0.496 e. The summed E-state index contributed by atoms with van der Waals surface area (Å²) in [6, 6.07) is 21.0. The highest BCUT2D eigenvalue weighted by Crippen LogP contribution is 2.29. The van der Waals surface area contributed by atoms with Crippen molar-refractivity contribution >= 4 is 28.4 Å². The van der Waals surface area contributed by atoms with E-state index in [2.05, 4.69) is 12.2 Å². The first kappa shape index (κ1) is 18.2. The highest BCUT2D eigenvalue weighted by atomic mass is 16.5. The Morgan fingerprint density at radius 3 is 2.41 bits per heavy atom. The fraction of sp³-hybridized carbons (Fsp3) is 0.130. The summed E-state index contributed by atoms with van der Waals surface area (Å²) in [4.78, 5) is 12.5. The minimum atomic E-state index is -0.429. The lowest BCUT2D eigenvalue weighted by atomic mass is 10.0. The maximum absolute atomic E-state index is 12.5. The summed E-state index contributed by atoms with van der Waals surface area (Å²) in [7, 11) is 1.62. The second-order valence-corrected chi connectivity index (χ2v) is 6.08. The highest BCUT2D eigenvalue weighted by molar-refractivity contribution is 6.11. The molecular weight excluding hydrogens is 336 g/mol. The molecule has 3 aromatic rings. The highest BCUT2D eigenvalue weighted by Gasteiger charge is 2.11. The van der Waals surface area contributed by atoms with Crippen LogP contribution < -0.4 is 10.1 Å². The fourth-order valence-corrected chi connectivity index (χ4v) is 2.92. The second-order valence-electron chi connectivity index (χ2n) is 6.08. The number of hydrogen-bond acceptors (Lipinski definition) is 3. The quantitative estimate of drug-likeness (QED) is 0.519. The zero-order valence-corrected chi connectivity index (χ0v) is 15.3. The molecular formula is C23H20N2O2. The first-order chi connectivity index (χ1) is 13.2. The molecule has 0 aromatic heterocycles. The van der Waals surface area contributed by atoms with Gasteiger partial charge in [-0.1, -0.05) is 49.4 Å². The number of amides is 1. The topological polar surface area (TPSA) is 62.1 Å². The molecule has 0 bridgehead atoms. The zero-order chi connectivity index (χ0) is 19.2. The summed E-state index contributed by atoms with van der Waals surface area (Å²) in [5, 5.41) is 14.1. The average molecular weight is 356 g/mol. The van der Waals surface area contributed by atoms with Gasteiger partial charge in [-0.05, 0) is 47.2 Å². The van der Waals surface area contributed by atoms with Crippen LogP contribution in [0.25, 0.3) is 16.8 Å². The van der Waals surface area contributed by atoms with Crippen LogP contribution in [0.5, 0.6) is 5.75 Å². The smallest absolute Gasteiger partial charge is 0.266 e. The van der Waals surface area contributed by atoms with Crippen LogP contribution in [-0.2, 0) is 11.2 Å². The van der Waals surface area contributed by atoms with Crippen LogP contribution in [0, 0.1) is 11.3 Å². The van der Waals surface area contributed by atoms with Gasteiger partial charge in [0.05, 0.1) is 7.11 Å². The molecule has 0 radical (unpaired) electrons. The summed E-state index contributed by atoms with van der Waals surface area (Å²) >= 11 is 0. The third-order valence-electron chi connectivity index (χ3n) is 4.42. The van der Waals surface area contributed by atoms with Gasteiger partial charge in [-0.15, -0.1) is 0 Å². The van der Waals surface area contributed by atoms with Crippen LogP contribution in [0.15, 0.2) is 66.2 Å². The Morgan fingerprint density at radius 1 is 1.07 bits per heavy atom. The van der Waals surface area contributed by atoms with Crippen molar-refractivity contribution in [3.05, 3.63) is 77.4 Å². The molecule has 0 saturated heterocycles. The first-order valence-corrected chi connectivity index (χ1v) is 8.74. The summed E-state index contributed by atoms with van der Waals surface area (Å²) < 4.78 is 5.39. The van der Waals surface area contributed by atoms with Crippen LogP contribution in [0.3, 0.4) is 0 Å². The van der Waals surface area contributed by atoms with Crippen LogP contribution in [0.4, 0.5) is 5.69 Å². The lowest BCUT2D eigenvalue weighted by Crippen LogP contribution is -2.13. The Hall–Kier alpha value is -3.58. The predicted octanol–water partition coefficient (Wildman–Crippen LogP) is 4.96. The molecule has 4 nitrogen and oxygen atoms in total. The largest absolute Gasteiger partial charge is 0.496 e. The van der Waals surface area contributed by atoms with E-state index in [9.17, 15) is 10.1 Å². The van der Waals surface area contributed by atoms with Gasteiger partial charge in [0.1, 0.15) is 17.4 Å². The molecule has 0 fully saturated rings. The van der Waals surface area contributed by atoms with Crippen molar-refractivity contribution in [3.63, 3.8) is 0 Å². The van der Waals surface area contributed by atoms with Gasteiger partial charge in [0.15, 0.2) is 0 Å². The molecule has 0 spiro atoms. The molecule has 3 aromatic carbocycles. The van der Waals surface area contributed by atoms with Crippen LogP contribution >= 0.6 is 0 Å². The molecule has 0 atom stereocenters. The van der Waals surface area contributed by atoms with Crippen molar-refractivity contribution in [1.29, 1.82) is 5.26 Å². The number of nitriles is 1. The zero-order valence-electron chi connectivity index (χ0n) is 15.3. The molecule has 0 aliphatic carbocycles. The number of benzene rings is 3. The predicted molar refractivity (Wildman–Crippen MR) is 109 cm³/mol. The molecule has 0 aliphatic heterocycles. The normalized spacial score (nSPS) is 11.1. The number of hydrogen-bond donors (Lipinski definition) is 1. The van der Waals surface area contributed by atoms with Crippen molar-refractivity contribution in [3.8, 4) is 11.8 Å². The average Bonchev–Trinajstić information content (AvgIpc) is 2.72. The van der Waals surface area contributed by atoms with Crippen LogP contribution in [-0.4, -0.2) is 13.0 Å². The number of anilines is 1. The van der Waals surface area contributed by atoms with Gasteiger partial charge in [-0.25, -0.2) is 0 Å². The summed E-state index contributed by atoms with van der Waals surface area (Å²) in [5.41, 5.74) is 2.69. The molecule has 1 N–H and O–H groups in total. The molecule has 27 heavy (non-hydrogen) atoms. The molecule has 0 aliphatic rings. The van der Waals surface area contributed by atoms with Gasteiger partial charge >= 0.3 is 0 Å². The summed E-state index contributed by atoms with van der Waals surface area (Å²) in [6.07, 6.45) is 2.54. The maximum atomic E-state index is 12.5. The van der Waals surface area contributed by atoms with Crippen molar-refractivity contribution in [1.82, 2.24) is 0 Å². The number of ether oxygens (including phenoxy) is 1. The van der Waals surface area contributed by atoms with E-state index in [-0.39, 0.29) is 5.57 Å². The molecule has 0 unspecified atom stereocenters. The fourth-order valence-electron chi connectivity index (χ4n) is 2.92. The summed E-state index contributed by atoms with van der Waals surface area (Å²) in [6.45, 7) is 2.07. The van der Waals surface area contributed by atoms with Gasteiger partial charge in [0, 0.05) is 11.1 Å². The number of aryl methyl sites for hydroxylation is 1. The minimum absolute atomic E-state index is 0.0462. The third-order valence-corrected chi connectivity index (χ3v) is 4.42. The maximum Gasteiger partial charge on any atom is 0.266 e. The van der Waals surface area contributed by atoms with Crippen molar-refractivity contribution in [2.75, 3.05) is 12.4 Å². The number of rotatable bonds is 5. The second kappa shape index (κ2) is 8.20. The molecule has 134 valence electrons. The number of fused-ring (bicyclic) bond motifs is 1. The Bertz CT molecular complexity index is 1040. The molecule has 0 saturated carbocycles. The van der Waals surface area contributed by atoms with Crippen molar-refractivity contribution < 1.29 is 9.53 Å². The Kier molecular flexibility index (Phi) is 5.53. The molecule has 0 heterocycles. The van der Waals surface area contributed by atoms with Crippen LogP contribution in [0.2, 0.25) is 0 Å². The number of methoxy groups -OCH3 is 1. The number of nitrogens with one attached hydrogen (secondary N) is 1. The van der Waals surface area contributed by atoms with E-state index in [0.717, 1.165) is 28.5 Å². The lowest BCUT2D eigenvalue weighted by Gasteiger charge is -2.09. The lowest BCUT2D eigenvalue weighted by molar-refractivity contribution is -0.112. The van der Waals surface area contributed by atoms with Crippen molar-refractivity contribution in [2.45, 2.75) is 13.3 Å². The summed E-state index contributed by atoms with van der Waals surface area (Å²) in [5.74, 6) is 0.323. The molecule has 4 heteroatoms. The van der Waals surface area contributed by atoms with E-state index in [1.165, 1.54) is 5.56 Å². The molecule has 1 amide bonds. The van der Waals surface area contributed by atoms with Crippen LogP contribution in [0.1, 0.15) is 18.1 Å². The Morgan fingerprint density at radius 2 is 1.78 bits per heavy atom. The third kappa shape index (κ3) is 3.99. The number of nitrogens with zero attached hydrogens (tertiary/aromatic N) is 1. The van der Waals surface area contributed by atoms with E-state index in [4.69, 9.17) is 4.74 Å². The SMILES string of the molecule is CCc1ccc(NC(=O)/C(C#N)=C\c2ccc(OC)c3ccccc23)cc1. The van der Waals surface area contributed by atoms with Gasteiger partial charge in [-0.3, -0.25) is 4.79 Å². The Labute approximate surface area is 158 Å². The van der Waals surface area contributed by atoms with Gasteiger partial charge in [-0.2, -0.15) is 5.26 Å². The van der Waals surface area contributed by atoms with E-state index in [0.29, 0.717) is 5.69 Å². The van der Waals surface area contributed by atoms with E-state index < -0.39 is 5.91 Å². The monoisotopic (exact) mass is 356 g/mol. The van der Waals surface area contributed by atoms with E-state index in [1.54, 1.807) is 13.2 Å². The molecule has 3 rings (SSSR count). The van der Waals surface area contributed by atoms with Gasteiger partial charge in [0.25, 0.3) is 5.91 Å². The van der Waals surface area contributed by atoms with Gasteiger partial charge < -0.3 is 10.1 Å². The Balaban J connectivity index is 1.93. The number of carbonyl (C=O) groups is 1. The van der Waals surface area contributed by atoms with Gasteiger partial charge in [0.2, 0.25) is 0 Å². The number of carbonyl (C=O) groups excluding carboxylic acids is 1.